The molecule has 0 bridgehead atoms. The molecule has 0 aromatic heterocycles. The van der Waals surface area contributed by atoms with E-state index in [0.29, 0.717) is 11.3 Å². The van der Waals surface area contributed by atoms with Gasteiger partial charge in [0.1, 0.15) is 17.3 Å². The fourth-order valence-corrected chi connectivity index (χ4v) is 3.67. The number of para-hydroxylation sites is 2. The van der Waals surface area contributed by atoms with Crippen molar-refractivity contribution in [3.63, 3.8) is 0 Å². The van der Waals surface area contributed by atoms with Crippen LogP contribution in [0.1, 0.15) is 5.56 Å². The molecular weight excluding hydrogens is 427 g/mol. The van der Waals surface area contributed by atoms with Crippen LogP contribution in [0.2, 0.25) is 0 Å². The molecule has 0 amide bonds. The number of hydrazone groups is 1. The Kier molecular flexibility index (Phi) is 6.46. The van der Waals surface area contributed by atoms with Gasteiger partial charge in [-0.1, -0.05) is 24.3 Å². The fraction of sp³-hybridized carbons (Fsp3) is 0.0500. The van der Waals surface area contributed by atoms with E-state index < -0.39 is 26.5 Å². The molecule has 9 nitrogen and oxygen atoms in total. The second-order valence-electron chi connectivity index (χ2n) is 6.16. The van der Waals surface area contributed by atoms with Gasteiger partial charge in [-0.05, 0) is 42.0 Å². The van der Waals surface area contributed by atoms with Gasteiger partial charge in [-0.2, -0.15) is 5.10 Å². The summed E-state index contributed by atoms with van der Waals surface area (Å²) in [5.41, 5.74) is 2.76. The summed E-state index contributed by atoms with van der Waals surface area (Å²) in [5, 5.41) is 15.4. The zero-order chi connectivity index (χ0) is 22.4. The minimum atomic E-state index is -4.12. The van der Waals surface area contributed by atoms with Crippen molar-refractivity contribution in [2.75, 3.05) is 17.3 Å². The van der Waals surface area contributed by atoms with E-state index in [1.54, 1.807) is 18.2 Å². The highest BCUT2D eigenvalue weighted by atomic mass is 32.2. The van der Waals surface area contributed by atoms with E-state index >= 15 is 0 Å². The summed E-state index contributed by atoms with van der Waals surface area (Å²) in [6.45, 7) is 0. The number of halogens is 1. The van der Waals surface area contributed by atoms with Crippen LogP contribution in [0, 0.1) is 15.9 Å². The van der Waals surface area contributed by atoms with Crippen molar-refractivity contribution in [3.8, 4) is 5.75 Å². The highest BCUT2D eigenvalue weighted by Crippen LogP contribution is 2.30. The van der Waals surface area contributed by atoms with E-state index in [0.717, 1.165) is 6.07 Å². The molecule has 160 valence electrons. The summed E-state index contributed by atoms with van der Waals surface area (Å²) in [6, 6.07) is 15.2. The number of hydrogen-bond donors (Lipinski definition) is 2. The number of nitro groups is 1. The number of nitrogens with zero attached hydrogens (tertiary/aromatic N) is 2. The molecule has 2 N–H and O–H groups in total. The quantitative estimate of drug-likeness (QED) is 0.308. The lowest BCUT2D eigenvalue weighted by Gasteiger charge is -2.12. The minimum absolute atomic E-state index is 0.0143. The number of hydrogen-bond acceptors (Lipinski definition) is 7. The van der Waals surface area contributed by atoms with E-state index in [1.807, 2.05) is 0 Å². The summed E-state index contributed by atoms with van der Waals surface area (Å²) in [7, 11) is -2.73. The molecule has 0 heterocycles. The molecule has 0 unspecified atom stereocenters. The largest absolute Gasteiger partial charge is 0.495 e. The van der Waals surface area contributed by atoms with E-state index in [1.165, 1.54) is 55.8 Å². The third kappa shape index (κ3) is 5.34. The molecule has 3 aromatic rings. The second-order valence-corrected chi connectivity index (χ2v) is 7.85. The van der Waals surface area contributed by atoms with Crippen molar-refractivity contribution in [2.45, 2.75) is 4.90 Å². The van der Waals surface area contributed by atoms with Crippen molar-refractivity contribution in [2.24, 2.45) is 5.10 Å². The summed E-state index contributed by atoms with van der Waals surface area (Å²) < 4.78 is 45.8. The number of methoxy groups -OCH3 is 1. The lowest BCUT2D eigenvalue weighted by atomic mass is 10.2. The van der Waals surface area contributed by atoms with Gasteiger partial charge in [0.05, 0.1) is 28.8 Å². The molecule has 0 atom stereocenters. The third-order valence-electron chi connectivity index (χ3n) is 4.10. The zero-order valence-corrected chi connectivity index (χ0v) is 17.0. The first kappa shape index (κ1) is 21.7. The standard InChI is InChI=1S/C20H17FN4O5S/c1-30-20-5-3-2-4-18(20)24-31(28,29)16-10-11-17(19(12-16)25(26)27)23-22-13-14-6-8-15(21)9-7-14/h2-13,23-24H,1H3/b22-13+. The highest BCUT2D eigenvalue weighted by Gasteiger charge is 2.22. The van der Waals surface area contributed by atoms with Crippen LogP contribution in [0.5, 0.6) is 5.75 Å². The highest BCUT2D eigenvalue weighted by molar-refractivity contribution is 7.92. The lowest BCUT2D eigenvalue weighted by molar-refractivity contribution is -0.384. The fourth-order valence-electron chi connectivity index (χ4n) is 2.58. The summed E-state index contributed by atoms with van der Waals surface area (Å²) >= 11 is 0. The first-order valence-corrected chi connectivity index (χ1v) is 10.3. The Morgan fingerprint density at radius 2 is 1.77 bits per heavy atom. The number of ether oxygens (including phenoxy) is 1. The summed E-state index contributed by atoms with van der Waals surface area (Å²) in [4.78, 5) is 10.4. The summed E-state index contributed by atoms with van der Waals surface area (Å²) in [5.74, 6) is -0.103. The topological polar surface area (TPSA) is 123 Å². The van der Waals surface area contributed by atoms with Gasteiger partial charge >= 0.3 is 0 Å². The Bertz CT molecular complexity index is 1230. The van der Waals surface area contributed by atoms with Gasteiger partial charge in [0, 0.05) is 6.07 Å². The molecular formula is C20H17FN4O5S. The third-order valence-corrected chi connectivity index (χ3v) is 5.46. The van der Waals surface area contributed by atoms with Gasteiger partial charge in [0.25, 0.3) is 15.7 Å². The van der Waals surface area contributed by atoms with E-state index in [9.17, 15) is 22.9 Å². The average Bonchev–Trinajstić information content (AvgIpc) is 2.75. The van der Waals surface area contributed by atoms with Crippen LogP contribution in [0.4, 0.5) is 21.5 Å². The monoisotopic (exact) mass is 444 g/mol. The molecule has 0 aliphatic carbocycles. The second kappa shape index (κ2) is 9.22. The SMILES string of the molecule is COc1ccccc1NS(=O)(=O)c1ccc(N/N=C/c2ccc(F)cc2)c([N+](=O)[O-])c1. The predicted molar refractivity (Wildman–Crippen MR) is 115 cm³/mol. The van der Waals surface area contributed by atoms with Crippen molar-refractivity contribution in [3.05, 3.63) is 88.2 Å². The Balaban J connectivity index is 1.85. The van der Waals surface area contributed by atoms with E-state index in [2.05, 4.69) is 15.2 Å². The summed E-state index contributed by atoms with van der Waals surface area (Å²) in [6.07, 6.45) is 1.34. The molecule has 0 aliphatic rings. The van der Waals surface area contributed by atoms with Crippen LogP contribution >= 0.6 is 0 Å². The van der Waals surface area contributed by atoms with Crippen LogP contribution in [-0.4, -0.2) is 26.7 Å². The molecule has 0 aliphatic heterocycles. The number of sulfonamides is 1. The van der Waals surface area contributed by atoms with Crippen molar-refractivity contribution < 1.29 is 22.5 Å². The number of anilines is 2. The Labute approximate surface area is 177 Å². The molecule has 0 saturated carbocycles. The van der Waals surface area contributed by atoms with Crippen LogP contribution < -0.4 is 14.9 Å². The van der Waals surface area contributed by atoms with E-state index in [4.69, 9.17) is 4.74 Å². The maximum Gasteiger partial charge on any atom is 0.295 e. The van der Waals surface area contributed by atoms with Crippen LogP contribution in [-0.2, 0) is 10.0 Å². The van der Waals surface area contributed by atoms with Crippen LogP contribution in [0.25, 0.3) is 0 Å². The van der Waals surface area contributed by atoms with Gasteiger partial charge in [-0.3, -0.25) is 20.3 Å². The molecule has 11 heteroatoms. The van der Waals surface area contributed by atoms with Crippen molar-refractivity contribution in [1.29, 1.82) is 0 Å². The van der Waals surface area contributed by atoms with Crippen LogP contribution in [0.3, 0.4) is 0 Å². The minimum Gasteiger partial charge on any atom is -0.495 e. The molecule has 0 fully saturated rings. The lowest BCUT2D eigenvalue weighted by Crippen LogP contribution is -2.14. The normalized spacial score (nSPS) is 11.3. The van der Waals surface area contributed by atoms with E-state index in [-0.39, 0.29) is 16.3 Å². The van der Waals surface area contributed by atoms with Crippen LogP contribution in [0.15, 0.2) is 76.7 Å². The Morgan fingerprint density at radius 1 is 1.06 bits per heavy atom. The number of rotatable bonds is 8. The molecule has 0 saturated heterocycles. The molecule has 3 aromatic carbocycles. The molecule has 3 rings (SSSR count). The first-order chi connectivity index (χ1) is 14.8. The number of benzene rings is 3. The van der Waals surface area contributed by atoms with Gasteiger partial charge in [0.15, 0.2) is 0 Å². The molecule has 0 spiro atoms. The van der Waals surface area contributed by atoms with Gasteiger partial charge < -0.3 is 4.74 Å². The molecule has 0 radical (unpaired) electrons. The molecule has 31 heavy (non-hydrogen) atoms. The zero-order valence-electron chi connectivity index (χ0n) is 16.2. The van der Waals surface area contributed by atoms with Gasteiger partial charge in [0.2, 0.25) is 0 Å². The van der Waals surface area contributed by atoms with Gasteiger partial charge in [-0.25, -0.2) is 12.8 Å². The predicted octanol–water partition coefficient (Wildman–Crippen LogP) is 3.99. The van der Waals surface area contributed by atoms with Crippen molar-refractivity contribution in [1.82, 2.24) is 0 Å². The van der Waals surface area contributed by atoms with Gasteiger partial charge in [-0.15, -0.1) is 0 Å². The average molecular weight is 444 g/mol. The number of nitrogens with one attached hydrogen (secondary N) is 2. The van der Waals surface area contributed by atoms with Crippen molar-refractivity contribution >= 4 is 33.3 Å². The maximum atomic E-state index is 12.9. The Morgan fingerprint density at radius 3 is 2.45 bits per heavy atom. The first-order valence-electron chi connectivity index (χ1n) is 8.79. The maximum absolute atomic E-state index is 12.9. The smallest absolute Gasteiger partial charge is 0.295 e. The Hall–Kier alpha value is -3.99. The number of nitro benzene ring substituents is 1.